The Morgan fingerprint density at radius 2 is 1.38 bits per heavy atom. The average Bonchev–Trinajstić information content (AvgIpc) is 2.92. The Labute approximate surface area is 207 Å². The fourth-order valence-electron chi connectivity index (χ4n) is 4.79. The molecule has 5 rings (SSSR count). The molecule has 3 aromatic carbocycles. The summed E-state index contributed by atoms with van der Waals surface area (Å²) in [6.07, 6.45) is 2.47. The topological polar surface area (TPSA) is 66.9 Å². The highest BCUT2D eigenvalue weighted by molar-refractivity contribution is 6.26. The predicted octanol–water partition coefficient (Wildman–Crippen LogP) is 5.12. The predicted molar refractivity (Wildman–Crippen MR) is 122 cm³/mol. The highest BCUT2D eigenvalue weighted by Gasteiger charge is 2.35. The van der Waals surface area contributed by atoms with E-state index >= 15 is 0 Å². The average molecular weight is 518 g/mol. The number of halogens is 5. The van der Waals surface area contributed by atoms with Crippen LogP contribution < -0.4 is 9.64 Å². The number of carbonyl (C=O) groups is 3. The van der Waals surface area contributed by atoms with Crippen molar-refractivity contribution < 1.29 is 41.1 Å². The summed E-state index contributed by atoms with van der Waals surface area (Å²) in [5.41, 5.74) is 1.42. The molecule has 1 saturated heterocycles. The van der Waals surface area contributed by atoms with Gasteiger partial charge in [0.15, 0.2) is 0 Å². The molecule has 2 aliphatic rings. The van der Waals surface area contributed by atoms with E-state index in [-0.39, 0.29) is 11.1 Å². The highest BCUT2D eigenvalue weighted by atomic mass is 19.2. The Bertz CT molecular complexity index is 1420. The van der Waals surface area contributed by atoms with Crippen LogP contribution in [0.25, 0.3) is 10.8 Å². The van der Waals surface area contributed by atoms with Crippen LogP contribution in [-0.2, 0) is 4.79 Å². The molecule has 0 N–H and O–H groups in total. The molecular weight excluding hydrogens is 499 g/mol. The van der Waals surface area contributed by atoms with Crippen LogP contribution in [0.3, 0.4) is 0 Å². The second kappa shape index (κ2) is 9.45. The number of amides is 2. The van der Waals surface area contributed by atoms with Gasteiger partial charge in [0.2, 0.25) is 34.8 Å². The van der Waals surface area contributed by atoms with E-state index in [2.05, 4.69) is 9.64 Å². The zero-order valence-electron chi connectivity index (χ0n) is 19.3. The summed E-state index contributed by atoms with van der Waals surface area (Å²) >= 11 is 0. The van der Waals surface area contributed by atoms with E-state index in [9.17, 15) is 36.3 Å². The summed E-state index contributed by atoms with van der Waals surface area (Å²) in [4.78, 5) is 41.6. The molecule has 0 aromatic heterocycles. The summed E-state index contributed by atoms with van der Waals surface area (Å²) in [7, 11) is 0. The van der Waals surface area contributed by atoms with Gasteiger partial charge in [-0.15, -0.1) is 0 Å². The zero-order valence-corrected chi connectivity index (χ0v) is 19.3. The molecule has 0 radical (unpaired) electrons. The van der Waals surface area contributed by atoms with Crippen LogP contribution in [0, 0.1) is 29.1 Å². The number of benzene rings is 3. The van der Waals surface area contributed by atoms with Crippen molar-refractivity contribution in [2.75, 3.05) is 24.5 Å². The number of nitrogens with zero attached hydrogens (tertiary/aromatic N) is 2. The summed E-state index contributed by atoms with van der Waals surface area (Å²) in [6.45, 7) is 1.19. The molecule has 0 unspecified atom stereocenters. The van der Waals surface area contributed by atoms with Crippen LogP contribution in [-0.4, -0.2) is 42.3 Å². The van der Waals surface area contributed by atoms with Gasteiger partial charge in [-0.25, -0.2) is 13.2 Å². The first-order chi connectivity index (χ1) is 17.7. The molecule has 6 nitrogen and oxygen atoms in total. The van der Waals surface area contributed by atoms with E-state index < -0.39 is 65.6 Å². The van der Waals surface area contributed by atoms with Gasteiger partial charge in [-0.3, -0.25) is 19.3 Å². The van der Waals surface area contributed by atoms with Crippen LogP contribution in [0.4, 0.5) is 27.6 Å². The number of hydrogen-bond acceptors (Lipinski definition) is 5. The molecule has 1 fully saturated rings. The third-order valence-electron chi connectivity index (χ3n) is 6.59. The van der Waals surface area contributed by atoms with Gasteiger partial charge in [-0.1, -0.05) is 12.1 Å². The summed E-state index contributed by atoms with van der Waals surface area (Å²) in [5.74, 6) is -16.0. The normalized spacial score (nSPS) is 15.5. The molecular formula is C26H19F5N2O4. The van der Waals surface area contributed by atoms with Gasteiger partial charge < -0.3 is 9.64 Å². The van der Waals surface area contributed by atoms with E-state index in [4.69, 9.17) is 0 Å². The number of piperidine rings is 1. The monoisotopic (exact) mass is 518 g/mol. The molecule has 2 aliphatic heterocycles. The molecule has 0 atom stereocenters. The van der Waals surface area contributed by atoms with Crippen molar-refractivity contribution in [2.24, 2.45) is 0 Å². The minimum absolute atomic E-state index is 0.249. The first-order valence-corrected chi connectivity index (χ1v) is 11.6. The Morgan fingerprint density at radius 3 is 2.03 bits per heavy atom. The van der Waals surface area contributed by atoms with Crippen LogP contribution in [0.15, 0.2) is 30.3 Å². The third kappa shape index (κ3) is 4.08. The number of esters is 1. The molecule has 3 aromatic rings. The molecule has 192 valence electrons. The van der Waals surface area contributed by atoms with Crippen molar-refractivity contribution in [3.63, 3.8) is 0 Å². The minimum atomic E-state index is -2.39. The molecule has 2 amide bonds. The van der Waals surface area contributed by atoms with Gasteiger partial charge in [0.05, 0.1) is 6.42 Å². The van der Waals surface area contributed by atoms with Crippen LogP contribution in [0.1, 0.15) is 46.4 Å². The van der Waals surface area contributed by atoms with Crippen molar-refractivity contribution in [1.29, 1.82) is 0 Å². The van der Waals surface area contributed by atoms with E-state index in [0.29, 0.717) is 5.39 Å². The van der Waals surface area contributed by atoms with E-state index in [1.54, 1.807) is 18.2 Å². The lowest BCUT2D eigenvalue weighted by Crippen LogP contribution is -2.42. The Morgan fingerprint density at radius 1 is 0.784 bits per heavy atom. The maximum atomic E-state index is 13.8. The maximum Gasteiger partial charge on any atom is 0.313 e. The molecule has 0 spiro atoms. The first kappa shape index (κ1) is 24.7. The first-order valence-electron chi connectivity index (χ1n) is 11.6. The number of hydrogen-bond donors (Lipinski definition) is 0. The summed E-state index contributed by atoms with van der Waals surface area (Å²) in [5, 5.41) is 1.25. The SMILES string of the molecule is O=C(CCN1C(=O)c2cccc3c(N4CCCCC4)ccc(c23)C1=O)Oc1c(F)c(F)c(F)c(F)c1F. The molecule has 11 heteroatoms. The van der Waals surface area contributed by atoms with Gasteiger partial charge in [-0.2, -0.15) is 8.78 Å². The number of anilines is 1. The summed E-state index contributed by atoms with van der Waals surface area (Å²) < 4.78 is 72.0. The van der Waals surface area contributed by atoms with Crippen LogP contribution >= 0.6 is 0 Å². The van der Waals surface area contributed by atoms with E-state index in [0.717, 1.165) is 48.3 Å². The Balaban J connectivity index is 1.38. The smallest absolute Gasteiger partial charge is 0.313 e. The van der Waals surface area contributed by atoms with Crippen LogP contribution in [0.2, 0.25) is 0 Å². The zero-order chi connectivity index (χ0) is 26.4. The molecule has 37 heavy (non-hydrogen) atoms. The molecule has 0 bridgehead atoms. The second-order valence-electron chi connectivity index (χ2n) is 8.79. The summed E-state index contributed by atoms with van der Waals surface area (Å²) in [6, 6.07) is 8.52. The Hall–Kier alpha value is -4.02. The van der Waals surface area contributed by atoms with Crippen molar-refractivity contribution in [1.82, 2.24) is 4.90 Å². The van der Waals surface area contributed by atoms with Gasteiger partial charge in [0.25, 0.3) is 11.8 Å². The lowest BCUT2D eigenvalue weighted by atomic mass is 9.92. The van der Waals surface area contributed by atoms with Crippen molar-refractivity contribution in [3.8, 4) is 5.75 Å². The molecule has 2 heterocycles. The molecule has 0 saturated carbocycles. The van der Waals surface area contributed by atoms with Gasteiger partial charge in [0.1, 0.15) is 0 Å². The number of carbonyl (C=O) groups excluding carboxylic acids is 3. The second-order valence-corrected chi connectivity index (χ2v) is 8.79. The largest absolute Gasteiger partial charge is 0.420 e. The number of ether oxygens (including phenoxy) is 1. The van der Waals surface area contributed by atoms with Gasteiger partial charge in [-0.05, 0) is 37.5 Å². The standard InChI is InChI=1S/C26H19F5N2O4/c27-19-20(28)22(30)24(23(31)21(19)29)37-17(34)9-12-33-25(35)14-6-4-5-13-16(32-10-2-1-3-11-32)8-7-15(18(13)14)26(33)36/h4-8H,1-3,9-12H2. The quantitative estimate of drug-likeness (QED) is 0.117. The van der Waals surface area contributed by atoms with E-state index in [1.807, 2.05) is 12.1 Å². The maximum absolute atomic E-state index is 13.8. The minimum Gasteiger partial charge on any atom is -0.420 e. The highest BCUT2D eigenvalue weighted by Crippen LogP contribution is 2.37. The lowest BCUT2D eigenvalue weighted by Gasteiger charge is -2.32. The van der Waals surface area contributed by atoms with Crippen molar-refractivity contribution >= 4 is 34.2 Å². The van der Waals surface area contributed by atoms with Crippen molar-refractivity contribution in [2.45, 2.75) is 25.7 Å². The van der Waals surface area contributed by atoms with Crippen LogP contribution in [0.5, 0.6) is 5.75 Å². The Kier molecular flexibility index (Phi) is 6.30. The van der Waals surface area contributed by atoms with Crippen molar-refractivity contribution in [3.05, 3.63) is 70.5 Å². The number of imide groups is 1. The third-order valence-corrected chi connectivity index (χ3v) is 6.59. The van der Waals surface area contributed by atoms with E-state index in [1.165, 1.54) is 0 Å². The molecule has 0 aliphatic carbocycles. The number of rotatable bonds is 5. The fourth-order valence-corrected chi connectivity index (χ4v) is 4.79. The van der Waals surface area contributed by atoms with Gasteiger partial charge >= 0.3 is 5.97 Å². The van der Waals surface area contributed by atoms with Gasteiger partial charge in [0, 0.05) is 47.2 Å². The fraction of sp³-hybridized carbons (Fsp3) is 0.269. The lowest BCUT2D eigenvalue weighted by molar-refractivity contribution is -0.134.